The van der Waals surface area contributed by atoms with E-state index in [2.05, 4.69) is 58.7 Å². The normalized spacial score (nSPS) is 12.4. The van der Waals surface area contributed by atoms with Crippen molar-refractivity contribution in [1.29, 1.82) is 0 Å². The zero-order valence-electron chi connectivity index (χ0n) is 12.8. The van der Waals surface area contributed by atoms with Crippen molar-refractivity contribution in [2.24, 2.45) is 0 Å². The number of thiophene rings is 1. The van der Waals surface area contributed by atoms with Crippen LogP contribution in [0, 0.1) is 6.92 Å². The fourth-order valence-corrected chi connectivity index (χ4v) is 3.84. The van der Waals surface area contributed by atoms with Crippen LogP contribution < -0.4 is 10.1 Å². The molecule has 0 aliphatic rings. The first-order valence-electron chi connectivity index (χ1n) is 7.37. The van der Waals surface area contributed by atoms with Gasteiger partial charge in [-0.25, -0.2) is 0 Å². The average molecular weight is 368 g/mol. The molecule has 1 unspecified atom stereocenters. The lowest BCUT2D eigenvalue weighted by Gasteiger charge is -2.20. The highest BCUT2D eigenvalue weighted by Crippen LogP contribution is 2.34. The average Bonchev–Trinajstić information content (AvgIpc) is 2.89. The third kappa shape index (κ3) is 4.09. The molecule has 1 atom stereocenters. The summed E-state index contributed by atoms with van der Waals surface area (Å²) in [5.74, 6) is 0.901. The minimum atomic E-state index is 0.247. The van der Waals surface area contributed by atoms with Crippen molar-refractivity contribution in [2.45, 2.75) is 33.2 Å². The van der Waals surface area contributed by atoms with Crippen molar-refractivity contribution in [1.82, 2.24) is 5.32 Å². The van der Waals surface area contributed by atoms with E-state index in [1.807, 2.05) is 24.3 Å². The van der Waals surface area contributed by atoms with Crippen LogP contribution in [0.15, 0.2) is 34.1 Å². The van der Waals surface area contributed by atoms with Crippen LogP contribution in [0.4, 0.5) is 0 Å². The van der Waals surface area contributed by atoms with Crippen LogP contribution in [0.25, 0.3) is 0 Å². The molecule has 0 saturated heterocycles. The first-order valence-corrected chi connectivity index (χ1v) is 9.04. The molecule has 0 radical (unpaired) electrons. The van der Waals surface area contributed by atoms with E-state index in [0.717, 1.165) is 23.2 Å². The molecule has 1 heterocycles. The number of halogens is 1. The summed E-state index contributed by atoms with van der Waals surface area (Å²) in [7, 11) is 0. The molecule has 2 nitrogen and oxygen atoms in total. The number of hydrogen-bond acceptors (Lipinski definition) is 3. The Bertz CT molecular complexity index is 582. The molecule has 2 aromatic rings. The molecule has 0 fully saturated rings. The lowest BCUT2D eigenvalue weighted by molar-refractivity contribution is 0.338. The third-order valence-electron chi connectivity index (χ3n) is 3.35. The van der Waals surface area contributed by atoms with E-state index in [9.17, 15) is 0 Å². The van der Waals surface area contributed by atoms with Gasteiger partial charge in [-0.2, -0.15) is 0 Å². The van der Waals surface area contributed by atoms with E-state index in [1.54, 1.807) is 0 Å². The van der Waals surface area contributed by atoms with Crippen LogP contribution in [0.1, 0.15) is 42.3 Å². The molecule has 1 aromatic carbocycles. The fourth-order valence-electron chi connectivity index (χ4n) is 2.30. The number of rotatable bonds is 7. The predicted octanol–water partition coefficient (Wildman–Crippen LogP) is 5.31. The second-order valence-corrected chi connectivity index (χ2v) is 6.78. The smallest absolute Gasteiger partial charge is 0.133 e. The highest BCUT2D eigenvalue weighted by atomic mass is 79.9. The van der Waals surface area contributed by atoms with Gasteiger partial charge in [0.05, 0.1) is 17.1 Å². The Kier molecular flexibility index (Phi) is 6.27. The van der Waals surface area contributed by atoms with Gasteiger partial charge in [-0.1, -0.05) is 13.0 Å². The van der Waals surface area contributed by atoms with Gasteiger partial charge < -0.3 is 10.1 Å². The Morgan fingerprint density at radius 1 is 1.29 bits per heavy atom. The molecule has 0 amide bonds. The highest BCUT2D eigenvalue weighted by Gasteiger charge is 2.18. The number of benzene rings is 1. The Morgan fingerprint density at radius 3 is 2.67 bits per heavy atom. The molecule has 1 N–H and O–H groups in total. The number of nitrogens with one attached hydrogen (secondary N) is 1. The first-order chi connectivity index (χ1) is 10.2. The molecule has 0 aliphatic heterocycles. The molecule has 0 saturated carbocycles. The van der Waals surface area contributed by atoms with Gasteiger partial charge >= 0.3 is 0 Å². The van der Waals surface area contributed by atoms with Gasteiger partial charge in [-0.3, -0.25) is 0 Å². The van der Waals surface area contributed by atoms with Gasteiger partial charge in [0.1, 0.15) is 5.75 Å². The molecule has 0 aliphatic carbocycles. The predicted molar refractivity (Wildman–Crippen MR) is 94.5 cm³/mol. The Labute approximate surface area is 139 Å². The summed E-state index contributed by atoms with van der Waals surface area (Å²) in [6, 6.07) is 8.80. The van der Waals surface area contributed by atoms with E-state index >= 15 is 0 Å². The van der Waals surface area contributed by atoms with Crippen LogP contribution >= 0.6 is 27.3 Å². The van der Waals surface area contributed by atoms with Gasteiger partial charge in [-0.05, 0) is 77.4 Å². The van der Waals surface area contributed by atoms with E-state index in [4.69, 9.17) is 4.74 Å². The van der Waals surface area contributed by atoms with Crippen molar-refractivity contribution in [3.05, 3.63) is 50.1 Å². The maximum absolute atomic E-state index is 5.60. The second-order valence-electron chi connectivity index (χ2n) is 4.98. The first kappa shape index (κ1) is 16.5. The summed E-state index contributed by atoms with van der Waals surface area (Å²) in [5.41, 5.74) is 2.61. The van der Waals surface area contributed by atoms with E-state index in [1.165, 1.54) is 16.0 Å². The van der Waals surface area contributed by atoms with Crippen LogP contribution in [0.5, 0.6) is 5.75 Å². The van der Waals surface area contributed by atoms with Crippen molar-refractivity contribution < 1.29 is 4.74 Å². The molecule has 4 heteroatoms. The van der Waals surface area contributed by atoms with Crippen molar-refractivity contribution in [3.8, 4) is 5.75 Å². The molecular formula is C17H22BrNOS. The van der Waals surface area contributed by atoms with E-state index < -0.39 is 0 Å². The van der Waals surface area contributed by atoms with Gasteiger partial charge in [0.15, 0.2) is 0 Å². The van der Waals surface area contributed by atoms with Gasteiger partial charge in [0.25, 0.3) is 0 Å². The summed E-state index contributed by atoms with van der Waals surface area (Å²) < 4.78 is 6.62. The number of hydrogen-bond donors (Lipinski definition) is 1. The Balaban J connectivity index is 2.33. The number of ether oxygens (including phenoxy) is 1. The van der Waals surface area contributed by atoms with Crippen LogP contribution in [-0.4, -0.2) is 13.2 Å². The summed E-state index contributed by atoms with van der Waals surface area (Å²) >= 11 is 5.43. The summed E-state index contributed by atoms with van der Waals surface area (Å²) in [6.07, 6.45) is 1.12. The minimum absolute atomic E-state index is 0.247. The fraction of sp³-hybridized carbons (Fsp3) is 0.412. The molecule has 114 valence electrons. The van der Waals surface area contributed by atoms with Crippen LogP contribution in [-0.2, 0) is 0 Å². The maximum atomic E-state index is 5.60. The quantitative estimate of drug-likeness (QED) is 0.715. The zero-order valence-corrected chi connectivity index (χ0v) is 15.2. The van der Waals surface area contributed by atoms with Crippen LogP contribution in [0.2, 0.25) is 0 Å². The maximum Gasteiger partial charge on any atom is 0.133 e. The summed E-state index contributed by atoms with van der Waals surface area (Å²) in [5, 5.41) is 5.82. The van der Waals surface area contributed by atoms with Gasteiger partial charge in [0, 0.05) is 4.88 Å². The highest BCUT2D eigenvalue weighted by molar-refractivity contribution is 9.10. The molecule has 1 aromatic heterocycles. The topological polar surface area (TPSA) is 21.3 Å². The zero-order chi connectivity index (χ0) is 15.2. The van der Waals surface area contributed by atoms with Gasteiger partial charge in [-0.15, -0.1) is 11.3 Å². The Morgan fingerprint density at radius 2 is 2.10 bits per heavy atom. The lowest BCUT2D eigenvalue weighted by Crippen LogP contribution is -2.23. The monoisotopic (exact) mass is 367 g/mol. The molecule has 2 rings (SSSR count). The van der Waals surface area contributed by atoms with Gasteiger partial charge in [0.2, 0.25) is 0 Å². The third-order valence-corrected chi connectivity index (χ3v) is 5.05. The standard InChI is InChI=1S/C17H22BrNOS/c1-4-9-19-16(17-12(3)8-10-21-17)13-6-7-15(20-5-2)14(18)11-13/h6-8,10-11,16,19H,4-5,9H2,1-3H3. The van der Waals surface area contributed by atoms with E-state index in [-0.39, 0.29) is 6.04 Å². The van der Waals surface area contributed by atoms with Crippen molar-refractivity contribution in [2.75, 3.05) is 13.2 Å². The Hall–Kier alpha value is -0.840. The lowest BCUT2D eigenvalue weighted by atomic mass is 10.0. The van der Waals surface area contributed by atoms with Crippen molar-refractivity contribution >= 4 is 27.3 Å². The van der Waals surface area contributed by atoms with E-state index in [0.29, 0.717) is 6.61 Å². The molecule has 21 heavy (non-hydrogen) atoms. The molecule has 0 spiro atoms. The summed E-state index contributed by atoms with van der Waals surface area (Å²) in [4.78, 5) is 1.39. The van der Waals surface area contributed by atoms with Crippen molar-refractivity contribution in [3.63, 3.8) is 0 Å². The number of aryl methyl sites for hydroxylation is 1. The van der Waals surface area contributed by atoms with Crippen LogP contribution in [0.3, 0.4) is 0 Å². The summed E-state index contributed by atoms with van der Waals surface area (Å²) in [6.45, 7) is 8.06. The molecular weight excluding hydrogens is 346 g/mol. The largest absolute Gasteiger partial charge is 0.493 e. The minimum Gasteiger partial charge on any atom is -0.493 e. The second kappa shape index (κ2) is 7.97. The molecule has 0 bridgehead atoms. The SMILES string of the molecule is CCCNC(c1ccc(OCC)c(Br)c1)c1sccc1C.